The number of rotatable bonds is 6. The van der Waals surface area contributed by atoms with Crippen molar-refractivity contribution in [2.75, 3.05) is 27.2 Å². The van der Waals surface area contributed by atoms with Crippen LogP contribution in [0.5, 0.6) is 5.75 Å². The normalized spacial score (nSPS) is 10.9. The van der Waals surface area contributed by atoms with Gasteiger partial charge in [-0.05, 0) is 25.1 Å². The Balaban J connectivity index is 0.00000288. The molecule has 2 aromatic rings. The fraction of sp³-hybridized carbons (Fsp3) is 0.375. The Morgan fingerprint density at radius 2 is 2.25 bits per heavy atom. The molecule has 0 radical (unpaired) electrons. The third-order valence-corrected chi connectivity index (χ3v) is 4.28. The molecular formula is C16H22ClIN4OS. The fourth-order valence-corrected chi connectivity index (χ4v) is 2.89. The van der Waals surface area contributed by atoms with Crippen molar-refractivity contribution in [3.8, 4) is 5.75 Å². The van der Waals surface area contributed by atoms with Gasteiger partial charge in [0.05, 0.1) is 13.1 Å². The van der Waals surface area contributed by atoms with Gasteiger partial charge in [-0.25, -0.2) is 4.98 Å². The summed E-state index contributed by atoms with van der Waals surface area (Å²) >= 11 is 7.62. The maximum Gasteiger partial charge on any atom is 0.193 e. The van der Waals surface area contributed by atoms with Gasteiger partial charge in [-0.3, -0.25) is 4.99 Å². The van der Waals surface area contributed by atoms with Crippen molar-refractivity contribution in [3.63, 3.8) is 0 Å². The molecule has 0 bridgehead atoms. The number of halogens is 2. The maximum atomic E-state index is 5.94. The molecule has 1 N–H and O–H groups in total. The van der Waals surface area contributed by atoms with Crippen molar-refractivity contribution in [2.24, 2.45) is 4.99 Å². The van der Waals surface area contributed by atoms with Crippen LogP contribution in [0.4, 0.5) is 0 Å². The molecule has 1 heterocycles. The molecular weight excluding hydrogens is 459 g/mol. The topological polar surface area (TPSA) is 49.8 Å². The summed E-state index contributed by atoms with van der Waals surface area (Å²) in [5.74, 6) is 1.58. The zero-order valence-corrected chi connectivity index (χ0v) is 17.9. The molecule has 5 nitrogen and oxygen atoms in total. The molecule has 0 atom stereocenters. The van der Waals surface area contributed by atoms with Crippen LogP contribution < -0.4 is 10.1 Å². The molecule has 0 spiro atoms. The summed E-state index contributed by atoms with van der Waals surface area (Å²) in [6.45, 7) is 3.98. The number of aromatic nitrogens is 1. The van der Waals surface area contributed by atoms with Gasteiger partial charge in [0.15, 0.2) is 5.96 Å². The Labute approximate surface area is 169 Å². The maximum absolute atomic E-state index is 5.94. The number of aliphatic imine (C=N–C) groups is 1. The van der Waals surface area contributed by atoms with Crippen LogP contribution in [0.3, 0.4) is 0 Å². The highest BCUT2D eigenvalue weighted by atomic mass is 127. The van der Waals surface area contributed by atoms with Gasteiger partial charge in [-0.2, -0.15) is 0 Å². The number of aryl methyl sites for hydroxylation is 1. The van der Waals surface area contributed by atoms with Crippen molar-refractivity contribution in [1.29, 1.82) is 0 Å². The van der Waals surface area contributed by atoms with Crippen LogP contribution in [-0.2, 0) is 6.54 Å². The second-order valence-electron chi connectivity index (χ2n) is 4.99. The Hall–Kier alpha value is -1.06. The third-order valence-electron chi connectivity index (χ3n) is 3.13. The molecule has 1 aromatic heterocycles. The van der Waals surface area contributed by atoms with Gasteiger partial charge in [0, 0.05) is 30.2 Å². The summed E-state index contributed by atoms with van der Waals surface area (Å²) in [4.78, 5) is 11.8. The predicted molar refractivity (Wildman–Crippen MR) is 112 cm³/mol. The Morgan fingerprint density at radius 1 is 1.46 bits per heavy atom. The number of benzene rings is 1. The van der Waals surface area contributed by atoms with E-state index in [9.17, 15) is 0 Å². The highest BCUT2D eigenvalue weighted by Crippen LogP contribution is 2.16. The summed E-state index contributed by atoms with van der Waals surface area (Å²) < 4.78 is 5.70. The van der Waals surface area contributed by atoms with Crippen molar-refractivity contribution in [1.82, 2.24) is 15.2 Å². The van der Waals surface area contributed by atoms with E-state index < -0.39 is 0 Å². The van der Waals surface area contributed by atoms with Crippen molar-refractivity contribution >= 4 is 52.9 Å². The lowest BCUT2D eigenvalue weighted by atomic mass is 10.3. The van der Waals surface area contributed by atoms with Crippen LogP contribution >= 0.6 is 46.9 Å². The molecule has 1 aromatic carbocycles. The number of guanidine groups is 1. The van der Waals surface area contributed by atoms with Gasteiger partial charge in [0.2, 0.25) is 0 Å². The molecule has 2 rings (SSSR count). The Morgan fingerprint density at radius 3 is 2.88 bits per heavy atom. The monoisotopic (exact) mass is 480 g/mol. The minimum absolute atomic E-state index is 0. The van der Waals surface area contributed by atoms with E-state index >= 15 is 0 Å². The summed E-state index contributed by atoms with van der Waals surface area (Å²) in [5.41, 5.74) is 0. The van der Waals surface area contributed by atoms with E-state index in [4.69, 9.17) is 16.3 Å². The number of hydrogen-bond acceptors (Lipinski definition) is 4. The number of likely N-dealkylation sites (N-methyl/N-ethyl adjacent to an activating group) is 1. The molecule has 8 heteroatoms. The van der Waals surface area contributed by atoms with Gasteiger partial charge in [-0.1, -0.05) is 17.7 Å². The van der Waals surface area contributed by atoms with Crippen LogP contribution in [0.25, 0.3) is 0 Å². The Bertz CT molecular complexity index is 665. The second kappa shape index (κ2) is 10.7. The first kappa shape index (κ1) is 21.0. The van der Waals surface area contributed by atoms with E-state index in [1.807, 2.05) is 36.3 Å². The number of hydrogen-bond donors (Lipinski definition) is 1. The van der Waals surface area contributed by atoms with Gasteiger partial charge in [-0.15, -0.1) is 35.3 Å². The van der Waals surface area contributed by atoms with Crippen LogP contribution in [0.1, 0.15) is 9.88 Å². The Kier molecular flexibility index (Phi) is 9.38. The van der Waals surface area contributed by atoms with Gasteiger partial charge in [0.25, 0.3) is 0 Å². The SMILES string of the molecule is CN=C(NCc1ncc(C)s1)N(C)CCOc1cccc(Cl)c1.I. The first-order valence-electron chi connectivity index (χ1n) is 7.30. The highest BCUT2D eigenvalue weighted by Gasteiger charge is 2.07. The van der Waals surface area contributed by atoms with Crippen LogP contribution in [0, 0.1) is 6.92 Å². The number of nitrogens with zero attached hydrogens (tertiary/aromatic N) is 3. The lowest BCUT2D eigenvalue weighted by Gasteiger charge is -2.21. The zero-order valence-electron chi connectivity index (χ0n) is 14.0. The lowest BCUT2D eigenvalue weighted by molar-refractivity contribution is 0.281. The van der Waals surface area contributed by atoms with E-state index in [0.29, 0.717) is 24.7 Å². The summed E-state index contributed by atoms with van der Waals surface area (Å²) in [5, 5.41) is 5.03. The lowest BCUT2D eigenvalue weighted by Crippen LogP contribution is -2.40. The summed E-state index contributed by atoms with van der Waals surface area (Å²) in [6, 6.07) is 7.40. The van der Waals surface area contributed by atoms with E-state index in [0.717, 1.165) is 16.7 Å². The number of ether oxygens (including phenoxy) is 1. The molecule has 0 aliphatic carbocycles. The summed E-state index contributed by atoms with van der Waals surface area (Å²) in [6.07, 6.45) is 1.88. The van der Waals surface area contributed by atoms with E-state index in [1.54, 1.807) is 24.5 Å². The minimum atomic E-state index is 0. The van der Waals surface area contributed by atoms with Crippen molar-refractivity contribution in [3.05, 3.63) is 45.4 Å². The molecule has 0 saturated heterocycles. The number of thiazole rings is 1. The third kappa shape index (κ3) is 6.82. The predicted octanol–water partition coefficient (Wildman–Crippen LogP) is 3.81. The molecule has 0 saturated carbocycles. The first-order valence-corrected chi connectivity index (χ1v) is 8.49. The van der Waals surface area contributed by atoms with Gasteiger partial charge < -0.3 is 15.0 Å². The van der Waals surface area contributed by atoms with Crippen LogP contribution in [0.15, 0.2) is 35.5 Å². The molecule has 132 valence electrons. The van der Waals surface area contributed by atoms with Crippen molar-refractivity contribution < 1.29 is 4.74 Å². The van der Waals surface area contributed by atoms with E-state index in [1.165, 1.54) is 4.88 Å². The van der Waals surface area contributed by atoms with E-state index in [2.05, 4.69) is 22.2 Å². The zero-order chi connectivity index (χ0) is 16.7. The van der Waals surface area contributed by atoms with Gasteiger partial charge in [0.1, 0.15) is 17.4 Å². The molecule has 0 amide bonds. The largest absolute Gasteiger partial charge is 0.492 e. The van der Waals surface area contributed by atoms with Gasteiger partial charge >= 0.3 is 0 Å². The fourth-order valence-electron chi connectivity index (χ4n) is 1.99. The second-order valence-corrected chi connectivity index (χ2v) is 6.75. The quantitative estimate of drug-likeness (QED) is 0.388. The average molecular weight is 481 g/mol. The van der Waals surface area contributed by atoms with Crippen molar-refractivity contribution in [2.45, 2.75) is 13.5 Å². The highest BCUT2D eigenvalue weighted by molar-refractivity contribution is 14.0. The molecule has 0 aliphatic rings. The minimum Gasteiger partial charge on any atom is -0.492 e. The molecule has 24 heavy (non-hydrogen) atoms. The molecule has 0 aliphatic heterocycles. The standard InChI is InChI=1S/C16H21ClN4OS.HI/c1-12-10-19-15(23-12)11-20-16(18-2)21(3)7-8-22-14-6-4-5-13(17)9-14;/h4-6,9-10H,7-8,11H2,1-3H3,(H,18,20);1H. The first-order chi connectivity index (χ1) is 11.1. The smallest absolute Gasteiger partial charge is 0.193 e. The van der Waals surface area contributed by atoms with Crippen LogP contribution in [0.2, 0.25) is 5.02 Å². The number of nitrogens with one attached hydrogen (secondary N) is 1. The van der Waals surface area contributed by atoms with E-state index in [-0.39, 0.29) is 24.0 Å². The average Bonchev–Trinajstić information content (AvgIpc) is 2.93. The molecule has 0 fully saturated rings. The molecule has 0 unspecified atom stereocenters. The summed E-state index contributed by atoms with van der Waals surface area (Å²) in [7, 11) is 3.74. The van der Waals surface area contributed by atoms with Crippen LogP contribution in [-0.4, -0.2) is 43.1 Å².